The maximum Gasteiger partial charge on any atom is 0.124 e. The van der Waals surface area contributed by atoms with E-state index in [4.69, 9.17) is 9.47 Å². The van der Waals surface area contributed by atoms with Gasteiger partial charge in [0.05, 0.1) is 26.6 Å². The van der Waals surface area contributed by atoms with Crippen LogP contribution in [0.1, 0.15) is 11.1 Å². The molecule has 0 atom stereocenters. The Balaban J connectivity index is 2.15. The summed E-state index contributed by atoms with van der Waals surface area (Å²) >= 11 is 0. The fraction of sp³-hybridized carbons (Fsp3) is 0.125. The van der Waals surface area contributed by atoms with E-state index in [0.717, 1.165) is 0 Å². The van der Waals surface area contributed by atoms with Gasteiger partial charge in [0, 0.05) is 11.1 Å². The summed E-state index contributed by atoms with van der Waals surface area (Å²) in [5.74, 6) is 1.36. The molecule has 2 N–H and O–H groups in total. The third-order valence-electron chi connectivity index (χ3n) is 2.93. The number of nitrogens with zero attached hydrogens (tertiary/aromatic N) is 2. The number of benzene rings is 2. The van der Waals surface area contributed by atoms with Crippen molar-refractivity contribution in [1.29, 1.82) is 0 Å². The molecule has 6 nitrogen and oxygen atoms in total. The number of ether oxygens (including phenoxy) is 2. The van der Waals surface area contributed by atoms with Crippen molar-refractivity contribution in [2.24, 2.45) is 10.2 Å². The normalized spacial score (nSPS) is 11.2. The first-order chi connectivity index (χ1) is 10.6. The monoisotopic (exact) mass is 300 g/mol. The molecule has 114 valence electrons. The molecule has 0 amide bonds. The Kier molecular flexibility index (Phi) is 4.98. The van der Waals surface area contributed by atoms with Gasteiger partial charge in [-0.15, -0.1) is 0 Å². The van der Waals surface area contributed by atoms with E-state index < -0.39 is 0 Å². The first-order valence-electron chi connectivity index (χ1n) is 6.44. The lowest BCUT2D eigenvalue weighted by molar-refractivity contribution is 0.412. The fourth-order valence-corrected chi connectivity index (χ4v) is 1.72. The van der Waals surface area contributed by atoms with E-state index in [0.29, 0.717) is 22.6 Å². The lowest BCUT2D eigenvalue weighted by Crippen LogP contribution is -1.88. The van der Waals surface area contributed by atoms with Gasteiger partial charge >= 0.3 is 0 Å². The van der Waals surface area contributed by atoms with Crippen molar-refractivity contribution in [2.75, 3.05) is 14.2 Å². The van der Waals surface area contributed by atoms with Crippen molar-refractivity contribution < 1.29 is 19.7 Å². The highest BCUT2D eigenvalue weighted by Gasteiger charge is 2.01. The number of rotatable bonds is 5. The van der Waals surface area contributed by atoms with Crippen LogP contribution in [0.2, 0.25) is 0 Å². The van der Waals surface area contributed by atoms with Gasteiger partial charge in [0.2, 0.25) is 0 Å². The third kappa shape index (κ3) is 3.76. The molecule has 0 unspecified atom stereocenters. The van der Waals surface area contributed by atoms with Crippen molar-refractivity contribution in [3.05, 3.63) is 47.5 Å². The Morgan fingerprint density at radius 1 is 0.773 bits per heavy atom. The van der Waals surface area contributed by atoms with E-state index in [2.05, 4.69) is 10.2 Å². The van der Waals surface area contributed by atoms with Gasteiger partial charge in [0.15, 0.2) is 0 Å². The smallest absolute Gasteiger partial charge is 0.124 e. The first-order valence-corrected chi connectivity index (χ1v) is 6.44. The Bertz CT molecular complexity index is 650. The highest BCUT2D eigenvalue weighted by molar-refractivity contribution is 5.86. The number of phenolic OH excluding ortho intramolecular Hbond substituents is 2. The second kappa shape index (κ2) is 7.12. The van der Waals surface area contributed by atoms with Crippen LogP contribution in [0.25, 0.3) is 0 Å². The fourth-order valence-electron chi connectivity index (χ4n) is 1.72. The minimum atomic E-state index is 0.0731. The molecular weight excluding hydrogens is 284 g/mol. The summed E-state index contributed by atoms with van der Waals surface area (Å²) in [6.45, 7) is 0. The van der Waals surface area contributed by atoms with Crippen LogP contribution in [-0.2, 0) is 0 Å². The lowest BCUT2D eigenvalue weighted by atomic mass is 10.2. The molecule has 2 rings (SSSR count). The zero-order chi connectivity index (χ0) is 15.9. The molecule has 0 heterocycles. The van der Waals surface area contributed by atoms with Gasteiger partial charge < -0.3 is 19.7 Å². The quantitative estimate of drug-likeness (QED) is 0.656. The predicted octanol–water partition coefficient (Wildman–Crippen LogP) is 2.57. The van der Waals surface area contributed by atoms with Gasteiger partial charge in [0.25, 0.3) is 0 Å². The molecule has 2 aromatic rings. The van der Waals surface area contributed by atoms with Crippen molar-refractivity contribution in [3.63, 3.8) is 0 Å². The van der Waals surface area contributed by atoms with Gasteiger partial charge in [-0.2, -0.15) is 10.2 Å². The van der Waals surface area contributed by atoms with Crippen molar-refractivity contribution in [2.45, 2.75) is 0 Å². The van der Waals surface area contributed by atoms with E-state index in [-0.39, 0.29) is 11.5 Å². The zero-order valence-electron chi connectivity index (χ0n) is 12.2. The van der Waals surface area contributed by atoms with Gasteiger partial charge in [0.1, 0.15) is 23.0 Å². The summed E-state index contributed by atoms with van der Waals surface area (Å²) in [4.78, 5) is 0. The summed E-state index contributed by atoms with van der Waals surface area (Å²) in [6.07, 6.45) is 2.79. The standard InChI is InChI=1S/C16H16N2O4/c1-21-13-3-5-15(19)11(7-13)9-17-18-10-12-8-14(22-2)4-6-16(12)20/h3-10,19-20H,1-2H3/b17-9-,18-10-. The van der Waals surface area contributed by atoms with Crippen LogP contribution in [0.15, 0.2) is 46.6 Å². The second-order valence-corrected chi connectivity index (χ2v) is 4.34. The van der Waals surface area contributed by atoms with Crippen LogP contribution in [0.3, 0.4) is 0 Å². The highest BCUT2D eigenvalue weighted by Crippen LogP contribution is 2.22. The molecule has 6 heteroatoms. The summed E-state index contributed by atoms with van der Waals surface area (Å²) < 4.78 is 10.1. The van der Waals surface area contributed by atoms with Crippen molar-refractivity contribution in [3.8, 4) is 23.0 Å². The number of methoxy groups -OCH3 is 2. The first kappa shape index (κ1) is 15.4. The largest absolute Gasteiger partial charge is 0.507 e. The van der Waals surface area contributed by atoms with Gasteiger partial charge in [-0.25, -0.2) is 0 Å². The molecule has 0 saturated carbocycles. The van der Waals surface area contributed by atoms with Gasteiger partial charge in [-0.05, 0) is 36.4 Å². The Hall–Kier alpha value is -3.02. The summed E-state index contributed by atoms with van der Waals surface area (Å²) in [5.41, 5.74) is 0.956. The average molecular weight is 300 g/mol. The molecule has 0 saturated heterocycles. The SMILES string of the molecule is COc1ccc(O)c(/C=N\N=C/c2cc(OC)ccc2O)c1. The molecule has 0 radical (unpaired) electrons. The highest BCUT2D eigenvalue weighted by atomic mass is 16.5. The van der Waals surface area contributed by atoms with Gasteiger partial charge in [-0.1, -0.05) is 0 Å². The van der Waals surface area contributed by atoms with Crippen LogP contribution in [-0.4, -0.2) is 36.9 Å². The maximum absolute atomic E-state index is 9.70. The molecule has 2 aromatic carbocycles. The summed E-state index contributed by atoms with van der Waals surface area (Å²) in [7, 11) is 3.08. The molecule has 0 aliphatic rings. The molecule has 0 aliphatic carbocycles. The topological polar surface area (TPSA) is 83.6 Å². The number of aromatic hydroxyl groups is 2. The summed E-state index contributed by atoms with van der Waals surface area (Å²) in [6, 6.07) is 9.58. The predicted molar refractivity (Wildman–Crippen MR) is 84.5 cm³/mol. The Labute approximate surface area is 128 Å². The Morgan fingerprint density at radius 2 is 1.18 bits per heavy atom. The van der Waals surface area contributed by atoms with E-state index >= 15 is 0 Å². The second-order valence-electron chi connectivity index (χ2n) is 4.34. The molecule has 0 spiro atoms. The molecular formula is C16H16N2O4. The van der Waals surface area contributed by atoms with Crippen LogP contribution in [0, 0.1) is 0 Å². The molecule has 0 aliphatic heterocycles. The van der Waals surface area contributed by atoms with Gasteiger partial charge in [-0.3, -0.25) is 0 Å². The van der Waals surface area contributed by atoms with Crippen LogP contribution in [0.4, 0.5) is 0 Å². The molecule has 22 heavy (non-hydrogen) atoms. The number of hydrogen-bond acceptors (Lipinski definition) is 6. The van der Waals surface area contributed by atoms with E-state index in [1.165, 1.54) is 38.8 Å². The number of hydrogen-bond donors (Lipinski definition) is 2. The summed E-state index contributed by atoms with van der Waals surface area (Å²) in [5, 5.41) is 27.1. The van der Waals surface area contributed by atoms with Crippen LogP contribution >= 0.6 is 0 Å². The maximum atomic E-state index is 9.70. The average Bonchev–Trinajstić information content (AvgIpc) is 2.54. The Morgan fingerprint density at radius 3 is 1.55 bits per heavy atom. The van der Waals surface area contributed by atoms with Crippen LogP contribution in [0.5, 0.6) is 23.0 Å². The van der Waals surface area contributed by atoms with E-state index in [9.17, 15) is 10.2 Å². The van der Waals surface area contributed by atoms with Crippen LogP contribution < -0.4 is 9.47 Å². The van der Waals surface area contributed by atoms with E-state index in [1.54, 1.807) is 24.3 Å². The third-order valence-corrected chi connectivity index (χ3v) is 2.93. The number of phenols is 2. The molecule has 0 bridgehead atoms. The molecule has 0 fully saturated rings. The lowest BCUT2D eigenvalue weighted by Gasteiger charge is -2.02. The minimum Gasteiger partial charge on any atom is -0.507 e. The zero-order valence-corrected chi connectivity index (χ0v) is 12.2. The van der Waals surface area contributed by atoms with E-state index in [1.807, 2.05) is 0 Å². The molecule has 0 aromatic heterocycles. The van der Waals surface area contributed by atoms with Crippen molar-refractivity contribution >= 4 is 12.4 Å². The van der Waals surface area contributed by atoms with Crippen molar-refractivity contribution in [1.82, 2.24) is 0 Å². The minimum absolute atomic E-state index is 0.0731.